The van der Waals surface area contributed by atoms with Crippen molar-refractivity contribution in [1.82, 2.24) is 19.6 Å². The average Bonchev–Trinajstić information content (AvgIpc) is 2.62. The molecule has 0 bridgehead atoms. The Bertz CT molecular complexity index is 578. The van der Waals surface area contributed by atoms with Gasteiger partial charge in [-0.3, -0.25) is 0 Å². The number of aliphatic hydroxyl groups excluding tert-OH is 1. The fourth-order valence-electron chi connectivity index (χ4n) is 1.22. The quantitative estimate of drug-likeness (QED) is 0.655. The number of nitriles is 1. The molecule has 2 aromatic rings. The molecule has 7 nitrogen and oxygen atoms in total. The Morgan fingerprint density at radius 2 is 2.53 bits per heavy atom. The predicted octanol–water partition coefficient (Wildman–Crippen LogP) is -0.983. The van der Waals surface area contributed by atoms with Crippen LogP contribution in [0.15, 0.2) is 17.2 Å². The van der Waals surface area contributed by atoms with Crippen molar-refractivity contribution >= 4 is 5.65 Å². The van der Waals surface area contributed by atoms with Gasteiger partial charge >= 0.3 is 5.69 Å². The second-order valence-corrected chi connectivity index (χ2v) is 2.93. The molecule has 2 aromatic heterocycles. The van der Waals surface area contributed by atoms with Crippen molar-refractivity contribution in [2.45, 2.75) is 5.92 Å². The molecule has 2 heterocycles. The van der Waals surface area contributed by atoms with E-state index in [9.17, 15) is 4.79 Å². The molecule has 0 spiro atoms. The van der Waals surface area contributed by atoms with Gasteiger partial charge in [-0.25, -0.2) is 19.3 Å². The molecule has 2 N–H and O–H groups in total. The Hall–Kier alpha value is -2.20. The molecular formula is C8H7N5O2. The summed E-state index contributed by atoms with van der Waals surface area (Å²) < 4.78 is 1.22. The number of H-pyrrole nitrogens is 1. The van der Waals surface area contributed by atoms with Crippen LogP contribution in [0.4, 0.5) is 0 Å². The largest absolute Gasteiger partial charge is 0.395 e. The maximum atomic E-state index is 11.1. The van der Waals surface area contributed by atoms with Gasteiger partial charge in [0.15, 0.2) is 5.65 Å². The van der Waals surface area contributed by atoms with Crippen LogP contribution in [0.3, 0.4) is 0 Å². The monoisotopic (exact) mass is 205 g/mol. The van der Waals surface area contributed by atoms with Gasteiger partial charge in [0, 0.05) is 6.07 Å². The predicted molar refractivity (Wildman–Crippen MR) is 49.0 cm³/mol. The zero-order chi connectivity index (χ0) is 10.8. The molecular weight excluding hydrogens is 198 g/mol. The second kappa shape index (κ2) is 3.51. The third-order valence-electron chi connectivity index (χ3n) is 2.03. The smallest absolute Gasteiger partial charge is 0.348 e. The van der Waals surface area contributed by atoms with E-state index in [1.54, 1.807) is 0 Å². The molecule has 0 aliphatic carbocycles. The van der Waals surface area contributed by atoms with Crippen molar-refractivity contribution in [3.05, 3.63) is 28.6 Å². The summed E-state index contributed by atoms with van der Waals surface area (Å²) in [5.74, 6) is -0.693. The van der Waals surface area contributed by atoms with E-state index >= 15 is 0 Å². The van der Waals surface area contributed by atoms with Crippen LogP contribution in [0, 0.1) is 11.3 Å². The second-order valence-electron chi connectivity index (χ2n) is 2.93. The number of hydrogen-bond acceptors (Lipinski definition) is 5. The maximum Gasteiger partial charge on any atom is 0.348 e. The Kier molecular flexibility index (Phi) is 2.19. The van der Waals surface area contributed by atoms with Crippen LogP contribution in [0.1, 0.15) is 11.6 Å². The highest BCUT2D eigenvalue weighted by Crippen LogP contribution is 2.11. The summed E-state index contributed by atoms with van der Waals surface area (Å²) in [4.78, 5) is 15.0. The van der Waals surface area contributed by atoms with E-state index in [1.165, 1.54) is 16.8 Å². The third-order valence-corrected chi connectivity index (χ3v) is 2.03. The first-order valence-electron chi connectivity index (χ1n) is 4.19. The third kappa shape index (κ3) is 1.47. The fourth-order valence-corrected chi connectivity index (χ4v) is 1.22. The first kappa shape index (κ1) is 9.36. The summed E-state index contributed by atoms with van der Waals surface area (Å²) in [5.41, 5.74) is 0.381. The molecule has 0 aromatic carbocycles. The summed E-state index contributed by atoms with van der Waals surface area (Å²) in [6.45, 7) is -0.311. The van der Waals surface area contributed by atoms with E-state index in [4.69, 9.17) is 10.4 Å². The molecule has 7 heteroatoms. The van der Waals surface area contributed by atoms with E-state index < -0.39 is 5.92 Å². The van der Waals surface area contributed by atoms with E-state index in [0.29, 0.717) is 11.3 Å². The lowest BCUT2D eigenvalue weighted by molar-refractivity contribution is 0.284. The molecule has 1 unspecified atom stereocenters. The van der Waals surface area contributed by atoms with Crippen LogP contribution in [0.25, 0.3) is 5.65 Å². The van der Waals surface area contributed by atoms with Crippen LogP contribution in [0.2, 0.25) is 0 Å². The van der Waals surface area contributed by atoms with Gasteiger partial charge in [-0.1, -0.05) is 0 Å². The van der Waals surface area contributed by atoms with Crippen molar-refractivity contribution in [3.63, 3.8) is 0 Å². The summed E-state index contributed by atoms with van der Waals surface area (Å²) in [7, 11) is 0. The van der Waals surface area contributed by atoms with Gasteiger partial charge in [0.2, 0.25) is 0 Å². The Morgan fingerprint density at radius 1 is 1.73 bits per heavy atom. The van der Waals surface area contributed by atoms with Crippen LogP contribution >= 0.6 is 0 Å². The van der Waals surface area contributed by atoms with Gasteiger partial charge in [-0.2, -0.15) is 10.4 Å². The lowest BCUT2D eigenvalue weighted by atomic mass is 10.1. The standard InChI is InChI=1S/C8H7N5O2/c9-2-5(3-14)6-1-7-11-12-8(15)13(7)4-10-6/h1,4-5,14H,3H2,(H,12,15). The van der Waals surface area contributed by atoms with E-state index in [2.05, 4.69) is 15.2 Å². The summed E-state index contributed by atoms with van der Waals surface area (Å²) >= 11 is 0. The molecule has 0 saturated carbocycles. The topological polar surface area (TPSA) is 107 Å². The highest BCUT2D eigenvalue weighted by molar-refractivity contribution is 5.38. The number of rotatable bonds is 2. The summed E-state index contributed by atoms with van der Waals surface area (Å²) in [6, 6.07) is 3.39. The number of fused-ring (bicyclic) bond motifs is 1. The Balaban J connectivity index is 2.57. The molecule has 0 amide bonds. The first-order chi connectivity index (χ1) is 7.26. The average molecular weight is 205 g/mol. The van der Waals surface area contributed by atoms with Gasteiger partial charge in [-0.15, -0.1) is 0 Å². The zero-order valence-corrected chi connectivity index (χ0v) is 7.58. The Labute approximate surface area is 83.6 Å². The highest BCUT2D eigenvalue weighted by Gasteiger charge is 2.12. The number of aliphatic hydroxyl groups is 1. The number of nitrogens with zero attached hydrogens (tertiary/aromatic N) is 4. The van der Waals surface area contributed by atoms with Gasteiger partial charge in [0.05, 0.1) is 18.4 Å². The van der Waals surface area contributed by atoms with E-state index in [1.807, 2.05) is 6.07 Å². The van der Waals surface area contributed by atoms with Gasteiger partial charge < -0.3 is 5.11 Å². The maximum absolute atomic E-state index is 11.1. The number of aromatic amines is 1. The Morgan fingerprint density at radius 3 is 3.20 bits per heavy atom. The first-order valence-corrected chi connectivity index (χ1v) is 4.19. The lowest BCUT2D eigenvalue weighted by Gasteiger charge is -2.03. The van der Waals surface area contributed by atoms with Crippen molar-refractivity contribution < 1.29 is 5.11 Å². The summed E-state index contributed by atoms with van der Waals surface area (Å²) in [5, 5.41) is 23.6. The van der Waals surface area contributed by atoms with Crippen molar-refractivity contribution in [2.24, 2.45) is 0 Å². The van der Waals surface area contributed by atoms with Gasteiger partial charge in [0.25, 0.3) is 0 Å². The number of nitrogens with one attached hydrogen (secondary N) is 1. The van der Waals surface area contributed by atoms with Crippen LogP contribution in [-0.4, -0.2) is 31.3 Å². The molecule has 0 aliphatic rings. The van der Waals surface area contributed by atoms with Crippen molar-refractivity contribution in [3.8, 4) is 6.07 Å². The minimum Gasteiger partial charge on any atom is -0.395 e. The summed E-state index contributed by atoms with van der Waals surface area (Å²) in [6.07, 6.45) is 1.27. The molecule has 15 heavy (non-hydrogen) atoms. The fraction of sp³-hybridized carbons (Fsp3) is 0.250. The molecule has 76 valence electrons. The SMILES string of the molecule is N#CC(CO)c1cc2n[nH]c(=O)n2cn1. The van der Waals surface area contributed by atoms with Crippen LogP contribution in [-0.2, 0) is 0 Å². The minimum atomic E-state index is -0.693. The van der Waals surface area contributed by atoms with Crippen LogP contribution < -0.4 is 5.69 Å². The molecule has 0 radical (unpaired) electrons. The number of aromatic nitrogens is 4. The number of hydrogen-bond donors (Lipinski definition) is 2. The normalized spacial score (nSPS) is 12.5. The molecule has 2 rings (SSSR count). The van der Waals surface area contributed by atoms with Gasteiger partial charge in [-0.05, 0) is 0 Å². The lowest BCUT2D eigenvalue weighted by Crippen LogP contribution is -2.11. The molecule has 0 fully saturated rings. The zero-order valence-electron chi connectivity index (χ0n) is 7.58. The van der Waals surface area contributed by atoms with Gasteiger partial charge in [0.1, 0.15) is 12.2 Å². The highest BCUT2D eigenvalue weighted by atomic mass is 16.3. The molecule has 0 saturated heterocycles. The van der Waals surface area contributed by atoms with Crippen molar-refractivity contribution in [2.75, 3.05) is 6.61 Å². The minimum absolute atomic E-state index is 0.311. The van der Waals surface area contributed by atoms with E-state index in [-0.39, 0.29) is 12.3 Å². The van der Waals surface area contributed by atoms with Crippen LogP contribution in [0.5, 0.6) is 0 Å². The van der Waals surface area contributed by atoms with E-state index in [0.717, 1.165) is 0 Å². The molecule has 0 aliphatic heterocycles. The molecule has 1 atom stereocenters. The van der Waals surface area contributed by atoms with Crippen molar-refractivity contribution in [1.29, 1.82) is 5.26 Å².